The van der Waals surface area contributed by atoms with Crippen molar-refractivity contribution >= 4 is 28.8 Å². The minimum atomic E-state index is -0.606. The van der Waals surface area contributed by atoms with E-state index >= 15 is 0 Å². The standard InChI is InChI=1S/C21H22N2O3/c1-13(14-5-8-16(26-4)9-6-14)11-19(24)22-15-7-10-18-17(12-15)21(2,3)20(25)23-18/h5-12H,1-4H3,(H,22,24)(H,23,25)/b13-11+. The summed E-state index contributed by atoms with van der Waals surface area (Å²) in [6.07, 6.45) is 1.56. The fraction of sp³-hybridized carbons (Fsp3) is 0.238. The van der Waals surface area contributed by atoms with Crippen LogP contribution in [0.3, 0.4) is 0 Å². The highest BCUT2D eigenvalue weighted by atomic mass is 16.5. The topological polar surface area (TPSA) is 67.4 Å². The molecular formula is C21H22N2O3. The minimum absolute atomic E-state index is 0.0359. The molecule has 0 saturated heterocycles. The molecule has 0 radical (unpaired) electrons. The SMILES string of the molecule is COc1ccc(/C(C)=C/C(=O)Nc2ccc3c(c2)C(C)(C)C(=O)N3)cc1. The Kier molecular flexibility index (Phi) is 4.55. The molecule has 0 bridgehead atoms. The fourth-order valence-corrected chi connectivity index (χ4v) is 2.96. The lowest BCUT2D eigenvalue weighted by molar-refractivity contribution is -0.119. The molecule has 1 aliphatic heterocycles. The number of amides is 2. The van der Waals surface area contributed by atoms with Crippen LogP contribution < -0.4 is 15.4 Å². The first-order valence-corrected chi connectivity index (χ1v) is 8.41. The lowest BCUT2D eigenvalue weighted by Crippen LogP contribution is -2.26. The van der Waals surface area contributed by atoms with Crippen LogP contribution >= 0.6 is 0 Å². The van der Waals surface area contributed by atoms with Gasteiger partial charge in [0, 0.05) is 17.5 Å². The van der Waals surface area contributed by atoms with Crippen LogP contribution in [0.1, 0.15) is 31.9 Å². The smallest absolute Gasteiger partial charge is 0.248 e. The first-order valence-electron chi connectivity index (χ1n) is 8.41. The highest BCUT2D eigenvalue weighted by molar-refractivity contribution is 6.07. The van der Waals surface area contributed by atoms with Gasteiger partial charge in [0.05, 0.1) is 12.5 Å². The second-order valence-corrected chi connectivity index (χ2v) is 6.88. The number of methoxy groups -OCH3 is 1. The molecule has 0 aromatic heterocycles. The number of hydrogen-bond acceptors (Lipinski definition) is 3. The fourth-order valence-electron chi connectivity index (χ4n) is 2.96. The molecule has 5 nitrogen and oxygen atoms in total. The van der Waals surface area contributed by atoms with Gasteiger partial charge in [0.15, 0.2) is 0 Å². The zero-order chi connectivity index (χ0) is 18.9. The summed E-state index contributed by atoms with van der Waals surface area (Å²) in [6.45, 7) is 5.62. The van der Waals surface area contributed by atoms with Gasteiger partial charge in [-0.25, -0.2) is 0 Å². The molecule has 2 aromatic rings. The van der Waals surface area contributed by atoms with Gasteiger partial charge in [-0.15, -0.1) is 0 Å². The van der Waals surface area contributed by atoms with Crippen LogP contribution in [0.5, 0.6) is 5.75 Å². The zero-order valence-electron chi connectivity index (χ0n) is 15.3. The van der Waals surface area contributed by atoms with E-state index in [2.05, 4.69) is 10.6 Å². The Balaban J connectivity index is 1.76. The number of rotatable bonds is 4. The third kappa shape index (κ3) is 3.33. The van der Waals surface area contributed by atoms with Crippen LogP contribution in [-0.4, -0.2) is 18.9 Å². The van der Waals surface area contributed by atoms with Gasteiger partial charge in [0.2, 0.25) is 11.8 Å². The highest BCUT2D eigenvalue weighted by Crippen LogP contribution is 2.38. The van der Waals surface area contributed by atoms with E-state index in [0.29, 0.717) is 5.69 Å². The van der Waals surface area contributed by atoms with E-state index < -0.39 is 5.41 Å². The largest absolute Gasteiger partial charge is 0.497 e. The van der Waals surface area contributed by atoms with Crippen LogP contribution in [0.4, 0.5) is 11.4 Å². The monoisotopic (exact) mass is 350 g/mol. The number of anilines is 2. The summed E-state index contributed by atoms with van der Waals surface area (Å²) in [5, 5.41) is 5.73. The number of allylic oxidation sites excluding steroid dienone is 1. The quantitative estimate of drug-likeness (QED) is 0.820. The summed E-state index contributed by atoms with van der Waals surface area (Å²) in [5.74, 6) is 0.523. The van der Waals surface area contributed by atoms with Crippen molar-refractivity contribution in [2.45, 2.75) is 26.2 Å². The Bertz CT molecular complexity index is 896. The maximum atomic E-state index is 12.4. The maximum absolute atomic E-state index is 12.4. The summed E-state index contributed by atoms with van der Waals surface area (Å²) < 4.78 is 5.14. The van der Waals surface area contributed by atoms with Crippen molar-refractivity contribution in [1.82, 2.24) is 0 Å². The number of benzene rings is 2. The van der Waals surface area contributed by atoms with Crippen LogP contribution in [-0.2, 0) is 15.0 Å². The molecule has 134 valence electrons. The summed E-state index contributed by atoms with van der Waals surface area (Å²) in [7, 11) is 1.62. The van der Waals surface area contributed by atoms with E-state index in [1.807, 2.05) is 57.2 Å². The Morgan fingerprint density at radius 1 is 1.15 bits per heavy atom. The van der Waals surface area contributed by atoms with E-state index in [0.717, 1.165) is 28.1 Å². The van der Waals surface area contributed by atoms with E-state index in [1.165, 1.54) is 0 Å². The number of carbonyl (C=O) groups excluding carboxylic acids is 2. The van der Waals surface area contributed by atoms with E-state index in [9.17, 15) is 9.59 Å². The Labute approximate surface area is 153 Å². The third-order valence-electron chi connectivity index (χ3n) is 4.67. The average molecular weight is 350 g/mol. The normalized spacial score (nSPS) is 15.2. The van der Waals surface area contributed by atoms with Crippen molar-refractivity contribution in [2.75, 3.05) is 17.7 Å². The van der Waals surface area contributed by atoms with Crippen LogP contribution in [0.25, 0.3) is 5.57 Å². The van der Waals surface area contributed by atoms with Crippen molar-refractivity contribution in [3.8, 4) is 5.75 Å². The summed E-state index contributed by atoms with van der Waals surface area (Å²) in [6, 6.07) is 13.0. The van der Waals surface area contributed by atoms with Crippen LogP contribution in [0, 0.1) is 0 Å². The molecule has 0 saturated carbocycles. The maximum Gasteiger partial charge on any atom is 0.248 e. The molecule has 3 rings (SSSR count). The summed E-state index contributed by atoms with van der Waals surface area (Å²) >= 11 is 0. The van der Waals surface area contributed by atoms with Gasteiger partial charge in [-0.3, -0.25) is 9.59 Å². The Morgan fingerprint density at radius 3 is 2.50 bits per heavy atom. The molecule has 0 unspecified atom stereocenters. The zero-order valence-corrected chi connectivity index (χ0v) is 15.3. The molecule has 1 aliphatic rings. The van der Waals surface area contributed by atoms with Gasteiger partial charge < -0.3 is 15.4 Å². The molecule has 2 N–H and O–H groups in total. The average Bonchev–Trinajstić information content (AvgIpc) is 2.84. The Hall–Kier alpha value is -3.08. The van der Waals surface area contributed by atoms with Crippen molar-refractivity contribution in [3.63, 3.8) is 0 Å². The summed E-state index contributed by atoms with van der Waals surface area (Å²) in [5.41, 5.74) is 3.54. The minimum Gasteiger partial charge on any atom is -0.497 e. The first-order chi connectivity index (χ1) is 12.3. The Morgan fingerprint density at radius 2 is 1.85 bits per heavy atom. The predicted molar refractivity (Wildman–Crippen MR) is 103 cm³/mol. The van der Waals surface area contributed by atoms with Crippen LogP contribution in [0.2, 0.25) is 0 Å². The van der Waals surface area contributed by atoms with Gasteiger partial charge in [0.25, 0.3) is 0 Å². The molecule has 0 aliphatic carbocycles. The van der Waals surface area contributed by atoms with Crippen LogP contribution in [0.15, 0.2) is 48.5 Å². The number of nitrogens with one attached hydrogen (secondary N) is 2. The second-order valence-electron chi connectivity index (χ2n) is 6.88. The lowest BCUT2D eigenvalue weighted by Gasteiger charge is -2.16. The van der Waals surface area contributed by atoms with E-state index in [1.54, 1.807) is 19.3 Å². The number of carbonyl (C=O) groups is 2. The molecular weight excluding hydrogens is 328 g/mol. The third-order valence-corrected chi connectivity index (χ3v) is 4.67. The lowest BCUT2D eigenvalue weighted by atomic mass is 9.86. The van der Waals surface area contributed by atoms with Gasteiger partial charge in [-0.05, 0) is 67.8 Å². The molecule has 2 aromatic carbocycles. The van der Waals surface area contributed by atoms with Crippen molar-refractivity contribution in [3.05, 3.63) is 59.7 Å². The predicted octanol–water partition coefficient (Wildman–Crippen LogP) is 3.97. The first kappa shape index (κ1) is 17.7. The molecule has 26 heavy (non-hydrogen) atoms. The van der Waals surface area contributed by atoms with Gasteiger partial charge in [-0.2, -0.15) is 0 Å². The number of fused-ring (bicyclic) bond motifs is 1. The van der Waals surface area contributed by atoms with Crippen molar-refractivity contribution in [1.29, 1.82) is 0 Å². The van der Waals surface area contributed by atoms with Gasteiger partial charge >= 0.3 is 0 Å². The molecule has 0 fully saturated rings. The highest BCUT2D eigenvalue weighted by Gasteiger charge is 2.38. The van der Waals surface area contributed by atoms with Gasteiger partial charge in [0.1, 0.15) is 5.75 Å². The molecule has 0 atom stereocenters. The molecule has 1 heterocycles. The van der Waals surface area contributed by atoms with Gasteiger partial charge in [-0.1, -0.05) is 12.1 Å². The number of ether oxygens (including phenoxy) is 1. The number of hydrogen-bond donors (Lipinski definition) is 2. The van der Waals surface area contributed by atoms with E-state index in [-0.39, 0.29) is 11.8 Å². The molecule has 0 spiro atoms. The molecule has 5 heteroatoms. The van der Waals surface area contributed by atoms with Crippen molar-refractivity contribution < 1.29 is 14.3 Å². The second kappa shape index (κ2) is 6.67. The van der Waals surface area contributed by atoms with Crippen molar-refractivity contribution in [2.24, 2.45) is 0 Å². The molecule has 2 amide bonds. The summed E-state index contributed by atoms with van der Waals surface area (Å²) in [4.78, 5) is 24.4. The van der Waals surface area contributed by atoms with E-state index in [4.69, 9.17) is 4.74 Å².